The van der Waals surface area contributed by atoms with E-state index in [9.17, 15) is 23.2 Å². The van der Waals surface area contributed by atoms with Crippen molar-refractivity contribution in [3.8, 4) is 5.75 Å². The molecule has 1 N–H and O–H groups in total. The standard InChI is InChI=1S/C19H21F2NO5/c20-19(21)27-15-7-2-1-6-14(15)22-16(23)10-26-18(25)13-8-11-4-3-5-12(9-13)17(11)24/h1-2,6-7,11-13,19H,3-5,8-10H2,(H,22,23)/t11-,12+,13?. The van der Waals surface area contributed by atoms with Gasteiger partial charge >= 0.3 is 12.6 Å². The molecular weight excluding hydrogens is 360 g/mol. The van der Waals surface area contributed by atoms with Gasteiger partial charge in [-0.2, -0.15) is 8.78 Å². The van der Waals surface area contributed by atoms with Crippen LogP contribution in [0, 0.1) is 17.8 Å². The van der Waals surface area contributed by atoms with Crippen LogP contribution in [0.2, 0.25) is 0 Å². The molecule has 1 amide bonds. The molecule has 0 saturated heterocycles. The average molecular weight is 381 g/mol. The SMILES string of the molecule is O=C(COC(=O)C1C[C@H]2CCC[C@@H](C1)C2=O)Nc1ccccc1OC(F)F. The third-order valence-corrected chi connectivity index (χ3v) is 5.10. The van der Waals surface area contributed by atoms with Gasteiger partial charge in [0.2, 0.25) is 0 Å². The van der Waals surface area contributed by atoms with Crippen LogP contribution in [0.3, 0.4) is 0 Å². The van der Waals surface area contributed by atoms with Crippen molar-refractivity contribution in [2.75, 3.05) is 11.9 Å². The van der Waals surface area contributed by atoms with E-state index in [0.29, 0.717) is 12.8 Å². The van der Waals surface area contributed by atoms with Gasteiger partial charge in [0, 0.05) is 11.8 Å². The van der Waals surface area contributed by atoms with Gasteiger partial charge in [-0.15, -0.1) is 0 Å². The van der Waals surface area contributed by atoms with E-state index in [4.69, 9.17) is 4.74 Å². The summed E-state index contributed by atoms with van der Waals surface area (Å²) in [6, 6.07) is 5.75. The molecule has 27 heavy (non-hydrogen) atoms. The number of carbonyl (C=O) groups is 3. The molecule has 1 unspecified atom stereocenters. The van der Waals surface area contributed by atoms with Crippen LogP contribution < -0.4 is 10.1 Å². The Morgan fingerprint density at radius 1 is 1.15 bits per heavy atom. The molecule has 6 nitrogen and oxygen atoms in total. The van der Waals surface area contributed by atoms with Gasteiger partial charge in [-0.25, -0.2) is 0 Å². The Balaban J connectivity index is 1.51. The minimum atomic E-state index is -3.02. The first kappa shape index (κ1) is 19.3. The lowest BCUT2D eigenvalue weighted by Crippen LogP contribution is -2.40. The van der Waals surface area contributed by atoms with E-state index >= 15 is 0 Å². The molecule has 3 atom stereocenters. The highest BCUT2D eigenvalue weighted by atomic mass is 19.3. The van der Waals surface area contributed by atoms with Crippen LogP contribution in [0.4, 0.5) is 14.5 Å². The summed E-state index contributed by atoms with van der Waals surface area (Å²) < 4.78 is 34.2. The monoisotopic (exact) mass is 381 g/mol. The number of esters is 1. The highest BCUT2D eigenvalue weighted by molar-refractivity contribution is 5.94. The largest absolute Gasteiger partial charge is 0.455 e. The number of Topliss-reactive ketones (excluding diaryl/α,β-unsaturated/α-hetero) is 1. The highest BCUT2D eigenvalue weighted by Crippen LogP contribution is 2.40. The predicted octanol–water partition coefficient (Wildman–Crippen LogP) is 3.17. The lowest BCUT2D eigenvalue weighted by molar-refractivity contribution is -0.155. The maximum Gasteiger partial charge on any atom is 0.387 e. The zero-order chi connectivity index (χ0) is 19.4. The van der Waals surface area contributed by atoms with Crippen LogP contribution >= 0.6 is 0 Å². The summed E-state index contributed by atoms with van der Waals surface area (Å²) in [5.74, 6) is -1.61. The fraction of sp³-hybridized carbons (Fsp3) is 0.526. The summed E-state index contributed by atoms with van der Waals surface area (Å²) in [5, 5.41) is 2.39. The number of fused-ring (bicyclic) bond motifs is 2. The molecule has 0 aromatic heterocycles. The summed E-state index contributed by atoms with van der Waals surface area (Å²) in [6.07, 6.45) is 3.56. The van der Waals surface area contributed by atoms with Crippen molar-refractivity contribution < 1.29 is 32.6 Å². The number of halogens is 2. The molecule has 8 heteroatoms. The van der Waals surface area contributed by atoms with E-state index in [1.807, 2.05) is 0 Å². The number of carbonyl (C=O) groups excluding carboxylic acids is 3. The Morgan fingerprint density at radius 2 is 1.81 bits per heavy atom. The second-order valence-corrected chi connectivity index (χ2v) is 6.93. The first-order valence-electron chi connectivity index (χ1n) is 8.98. The number of ketones is 1. The minimum absolute atomic E-state index is 0.0663. The Kier molecular flexibility index (Phi) is 6.03. The number of nitrogens with one attached hydrogen (secondary N) is 1. The minimum Gasteiger partial charge on any atom is -0.455 e. The van der Waals surface area contributed by atoms with Gasteiger partial charge in [-0.3, -0.25) is 14.4 Å². The molecule has 1 aromatic carbocycles. The Morgan fingerprint density at radius 3 is 2.48 bits per heavy atom. The number of anilines is 1. The lowest BCUT2D eigenvalue weighted by Gasteiger charge is -2.36. The summed E-state index contributed by atoms with van der Waals surface area (Å²) in [4.78, 5) is 36.3. The normalized spacial score (nSPS) is 24.4. The van der Waals surface area contributed by atoms with Crippen molar-refractivity contribution in [3.05, 3.63) is 24.3 Å². The van der Waals surface area contributed by atoms with E-state index in [1.54, 1.807) is 6.07 Å². The zero-order valence-corrected chi connectivity index (χ0v) is 14.7. The molecule has 146 valence electrons. The first-order valence-corrected chi connectivity index (χ1v) is 8.98. The van der Waals surface area contributed by atoms with Gasteiger partial charge in [0.15, 0.2) is 6.61 Å². The van der Waals surface area contributed by atoms with E-state index in [-0.39, 0.29) is 35.0 Å². The van der Waals surface area contributed by atoms with Crippen LogP contribution in [0.5, 0.6) is 5.75 Å². The molecular formula is C19H21F2NO5. The summed E-state index contributed by atoms with van der Waals surface area (Å²) in [7, 11) is 0. The molecule has 2 saturated carbocycles. The van der Waals surface area contributed by atoms with E-state index in [0.717, 1.165) is 19.3 Å². The highest BCUT2D eigenvalue weighted by Gasteiger charge is 2.41. The van der Waals surface area contributed by atoms with Gasteiger partial charge in [0.05, 0.1) is 11.6 Å². The van der Waals surface area contributed by atoms with Gasteiger partial charge in [0.1, 0.15) is 11.5 Å². The van der Waals surface area contributed by atoms with E-state index in [1.165, 1.54) is 18.2 Å². The number of ether oxygens (including phenoxy) is 2. The number of hydrogen-bond donors (Lipinski definition) is 1. The fourth-order valence-corrected chi connectivity index (χ4v) is 3.88. The molecule has 1 aromatic rings. The van der Waals surface area contributed by atoms with Crippen LogP contribution in [0.1, 0.15) is 32.1 Å². The van der Waals surface area contributed by atoms with Crippen LogP contribution in [0.25, 0.3) is 0 Å². The Labute approximate surface area is 155 Å². The van der Waals surface area contributed by atoms with E-state index < -0.39 is 25.1 Å². The first-order chi connectivity index (χ1) is 12.9. The van der Waals surface area contributed by atoms with Crippen molar-refractivity contribution in [2.24, 2.45) is 17.8 Å². The molecule has 0 radical (unpaired) electrons. The quantitative estimate of drug-likeness (QED) is 0.766. The van der Waals surface area contributed by atoms with Crippen molar-refractivity contribution in [1.82, 2.24) is 0 Å². The fourth-order valence-electron chi connectivity index (χ4n) is 3.88. The van der Waals surface area contributed by atoms with Crippen LogP contribution in [-0.2, 0) is 19.1 Å². The van der Waals surface area contributed by atoms with Gasteiger partial charge in [0.25, 0.3) is 5.91 Å². The second-order valence-electron chi connectivity index (χ2n) is 6.93. The summed E-state index contributed by atoms with van der Waals surface area (Å²) >= 11 is 0. The molecule has 2 aliphatic rings. The number of alkyl halides is 2. The Hall–Kier alpha value is -2.51. The van der Waals surface area contributed by atoms with Gasteiger partial charge < -0.3 is 14.8 Å². The van der Waals surface area contributed by atoms with Crippen molar-refractivity contribution in [1.29, 1.82) is 0 Å². The van der Waals surface area contributed by atoms with Crippen molar-refractivity contribution in [3.63, 3.8) is 0 Å². The summed E-state index contributed by atoms with van der Waals surface area (Å²) in [6.45, 7) is -3.55. The van der Waals surface area contributed by atoms with Crippen LogP contribution in [-0.4, -0.2) is 30.9 Å². The van der Waals surface area contributed by atoms with Gasteiger partial charge in [-0.1, -0.05) is 18.6 Å². The molecule has 2 fully saturated rings. The zero-order valence-electron chi connectivity index (χ0n) is 14.7. The molecule has 3 rings (SSSR count). The topological polar surface area (TPSA) is 81.7 Å². The Bertz CT molecular complexity index is 708. The number of benzene rings is 1. The maximum absolute atomic E-state index is 12.4. The third kappa shape index (κ3) is 4.81. The average Bonchev–Trinajstić information content (AvgIpc) is 2.60. The van der Waals surface area contributed by atoms with E-state index in [2.05, 4.69) is 10.1 Å². The predicted molar refractivity (Wildman–Crippen MR) is 91.2 cm³/mol. The number of rotatable bonds is 6. The lowest BCUT2D eigenvalue weighted by atomic mass is 9.67. The molecule has 2 bridgehead atoms. The summed E-state index contributed by atoms with van der Waals surface area (Å²) in [5.41, 5.74) is 0.0663. The maximum atomic E-state index is 12.4. The molecule has 0 heterocycles. The molecule has 0 spiro atoms. The second kappa shape index (κ2) is 8.45. The smallest absolute Gasteiger partial charge is 0.387 e. The third-order valence-electron chi connectivity index (χ3n) is 5.10. The number of para-hydroxylation sites is 2. The molecule has 0 aliphatic heterocycles. The van der Waals surface area contributed by atoms with Gasteiger partial charge in [-0.05, 0) is 37.8 Å². The molecule has 2 aliphatic carbocycles. The van der Waals surface area contributed by atoms with Crippen LogP contribution in [0.15, 0.2) is 24.3 Å². The van der Waals surface area contributed by atoms with Crippen molar-refractivity contribution in [2.45, 2.75) is 38.7 Å². The number of amides is 1. The van der Waals surface area contributed by atoms with Crippen molar-refractivity contribution >= 4 is 23.3 Å². The number of hydrogen-bond acceptors (Lipinski definition) is 5.